The van der Waals surface area contributed by atoms with E-state index in [1.807, 2.05) is 53.4 Å². The van der Waals surface area contributed by atoms with Crippen LogP contribution in [0.3, 0.4) is 0 Å². The molecule has 1 spiro atoms. The van der Waals surface area contributed by atoms with Gasteiger partial charge in [-0.3, -0.25) is 4.79 Å². The van der Waals surface area contributed by atoms with Crippen LogP contribution in [0.2, 0.25) is 0 Å². The molecule has 2 aromatic carbocycles. The molecule has 0 atom stereocenters. The second kappa shape index (κ2) is 7.93. The minimum Gasteiger partial charge on any atom is -0.463 e. The molecular formula is C26H27N3O3. The Morgan fingerprint density at radius 1 is 1.06 bits per heavy atom. The van der Waals surface area contributed by atoms with Gasteiger partial charge in [-0.25, -0.2) is 9.79 Å². The molecule has 164 valence electrons. The highest BCUT2D eigenvalue weighted by atomic mass is 16.5. The van der Waals surface area contributed by atoms with Crippen molar-refractivity contribution in [1.29, 1.82) is 0 Å². The molecule has 3 aliphatic rings. The van der Waals surface area contributed by atoms with Crippen LogP contribution < -0.4 is 5.73 Å². The van der Waals surface area contributed by atoms with Crippen LogP contribution in [0.15, 0.2) is 53.0 Å². The smallest absolute Gasteiger partial charge is 0.335 e. The molecule has 1 saturated carbocycles. The topological polar surface area (TPSA) is 85.0 Å². The predicted octanol–water partition coefficient (Wildman–Crippen LogP) is 4.32. The average Bonchev–Trinajstić information content (AvgIpc) is 3.45. The summed E-state index contributed by atoms with van der Waals surface area (Å²) in [6.45, 7) is 3.81. The number of carbonyl (C=O) groups excluding carboxylic acids is 2. The predicted molar refractivity (Wildman–Crippen MR) is 125 cm³/mol. The van der Waals surface area contributed by atoms with Gasteiger partial charge in [0.05, 0.1) is 23.3 Å². The lowest BCUT2D eigenvalue weighted by Gasteiger charge is -2.16. The van der Waals surface area contributed by atoms with Crippen molar-refractivity contribution >= 4 is 29.5 Å². The molecule has 2 N–H and O–H groups in total. The van der Waals surface area contributed by atoms with Gasteiger partial charge in [-0.2, -0.15) is 0 Å². The van der Waals surface area contributed by atoms with Crippen LogP contribution in [0.4, 0.5) is 5.69 Å². The molecule has 1 amide bonds. The summed E-state index contributed by atoms with van der Waals surface area (Å²) >= 11 is 0. The van der Waals surface area contributed by atoms with E-state index in [0.29, 0.717) is 23.6 Å². The highest BCUT2D eigenvalue weighted by Crippen LogP contribution is 2.55. The van der Waals surface area contributed by atoms with E-state index in [2.05, 4.69) is 0 Å². The van der Waals surface area contributed by atoms with Crippen LogP contribution in [0.5, 0.6) is 0 Å². The summed E-state index contributed by atoms with van der Waals surface area (Å²) < 4.78 is 5.29. The van der Waals surface area contributed by atoms with Gasteiger partial charge < -0.3 is 15.4 Å². The highest BCUT2D eigenvalue weighted by Gasteiger charge is 2.53. The summed E-state index contributed by atoms with van der Waals surface area (Å²) in [5.41, 5.74) is 10.8. The maximum absolute atomic E-state index is 12.6. The molecule has 6 nitrogen and oxygen atoms in total. The summed E-state index contributed by atoms with van der Waals surface area (Å²) in [7, 11) is 0. The largest absolute Gasteiger partial charge is 0.463 e. The Labute approximate surface area is 187 Å². The van der Waals surface area contributed by atoms with Crippen molar-refractivity contribution in [3.8, 4) is 11.1 Å². The normalized spacial score (nSPS) is 18.5. The van der Waals surface area contributed by atoms with Gasteiger partial charge >= 0.3 is 5.97 Å². The van der Waals surface area contributed by atoms with Crippen LogP contribution >= 0.6 is 0 Å². The fourth-order valence-corrected chi connectivity index (χ4v) is 4.63. The molecule has 0 bridgehead atoms. The first-order valence-corrected chi connectivity index (χ1v) is 11.3. The maximum atomic E-state index is 12.6. The molecule has 6 heteroatoms. The number of ether oxygens (including phenoxy) is 1. The lowest BCUT2D eigenvalue weighted by atomic mass is 9.93. The lowest BCUT2D eigenvalue weighted by Crippen LogP contribution is -2.30. The van der Waals surface area contributed by atoms with Crippen LogP contribution in [0, 0.1) is 5.41 Å². The molecule has 0 radical (unpaired) electrons. The number of fused-ring (bicyclic) bond motifs is 1. The minimum atomic E-state index is -0.497. The summed E-state index contributed by atoms with van der Waals surface area (Å²) in [6, 6.07) is 13.7. The zero-order valence-corrected chi connectivity index (χ0v) is 18.3. The van der Waals surface area contributed by atoms with Crippen molar-refractivity contribution in [2.45, 2.75) is 32.6 Å². The van der Waals surface area contributed by atoms with Gasteiger partial charge in [0.25, 0.3) is 5.91 Å². The molecule has 2 aliphatic heterocycles. The van der Waals surface area contributed by atoms with Crippen molar-refractivity contribution in [2.75, 3.05) is 19.7 Å². The van der Waals surface area contributed by atoms with Crippen LogP contribution in [0.1, 0.15) is 48.5 Å². The summed E-state index contributed by atoms with van der Waals surface area (Å²) in [6.07, 6.45) is 5.65. The van der Waals surface area contributed by atoms with Gasteiger partial charge in [0.1, 0.15) is 5.84 Å². The number of hydrogen-bond donors (Lipinski definition) is 1. The fraction of sp³-hybridized carbons (Fsp3) is 0.346. The van der Waals surface area contributed by atoms with E-state index in [1.54, 1.807) is 6.92 Å². The van der Waals surface area contributed by atoms with Crippen molar-refractivity contribution < 1.29 is 14.3 Å². The fourth-order valence-electron chi connectivity index (χ4n) is 4.63. The van der Waals surface area contributed by atoms with Crippen LogP contribution in [0.25, 0.3) is 17.2 Å². The highest BCUT2D eigenvalue weighted by molar-refractivity contribution is 6.09. The minimum absolute atomic E-state index is 0.0970. The Morgan fingerprint density at radius 2 is 1.75 bits per heavy atom. The third kappa shape index (κ3) is 3.49. The first-order valence-electron chi connectivity index (χ1n) is 11.3. The summed E-state index contributed by atoms with van der Waals surface area (Å²) in [4.78, 5) is 31.8. The quantitative estimate of drug-likeness (QED) is 0.734. The number of carbonyl (C=O) groups is 2. The molecule has 32 heavy (non-hydrogen) atoms. The Bertz CT molecular complexity index is 1140. The Balaban J connectivity index is 1.46. The van der Waals surface area contributed by atoms with Crippen molar-refractivity contribution in [3.63, 3.8) is 0 Å². The molecular weight excluding hydrogens is 402 g/mol. The van der Waals surface area contributed by atoms with Gasteiger partial charge in [0.15, 0.2) is 0 Å². The molecule has 1 aliphatic carbocycles. The number of likely N-dealkylation sites (tertiary alicyclic amines) is 1. The monoisotopic (exact) mass is 429 g/mol. The molecule has 2 heterocycles. The molecule has 1 saturated heterocycles. The van der Waals surface area contributed by atoms with E-state index in [9.17, 15) is 9.59 Å². The lowest BCUT2D eigenvalue weighted by molar-refractivity contribution is -0.138. The van der Waals surface area contributed by atoms with Gasteiger partial charge in [0, 0.05) is 24.2 Å². The zero-order valence-electron chi connectivity index (χ0n) is 18.3. The number of nitrogens with two attached hydrogens (primary N) is 1. The second-order valence-electron chi connectivity index (χ2n) is 8.71. The third-order valence-corrected chi connectivity index (χ3v) is 6.68. The molecule has 0 aromatic heterocycles. The number of aliphatic imine (C=N–C) groups is 1. The number of rotatable bonds is 4. The SMILES string of the molecule is CCOC(=O)C1=Cc2ccc(-c3ccc(C(=O)N4CCCC4)cc3)cc2N=C(N)C12CC2. The van der Waals surface area contributed by atoms with Gasteiger partial charge in [-0.15, -0.1) is 0 Å². The number of amides is 1. The maximum Gasteiger partial charge on any atom is 0.335 e. The number of amidine groups is 1. The number of hydrogen-bond acceptors (Lipinski definition) is 5. The van der Waals surface area contributed by atoms with Crippen molar-refractivity contribution in [3.05, 3.63) is 59.2 Å². The van der Waals surface area contributed by atoms with E-state index in [0.717, 1.165) is 61.2 Å². The first kappa shape index (κ1) is 20.5. The third-order valence-electron chi connectivity index (χ3n) is 6.68. The van der Waals surface area contributed by atoms with Gasteiger partial charge in [0.2, 0.25) is 0 Å². The zero-order chi connectivity index (χ0) is 22.3. The first-order chi connectivity index (χ1) is 15.5. The van der Waals surface area contributed by atoms with Gasteiger partial charge in [-0.1, -0.05) is 24.3 Å². The van der Waals surface area contributed by atoms with E-state index >= 15 is 0 Å². The van der Waals surface area contributed by atoms with E-state index in [1.165, 1.54) is 0 Å². The Kier molecular flexibility index (Phi) is 5.08. The molecule has 0 unspecified atom stereocenters. The summed E-state index contributed by atoms with van der Waals surface area (Å²) in [5.74, 6) is 0.248. The van der Waals surface area contributed by atoms with Crippen LogP contribution in [-0.2, 0) is 9.53 Å². The second-order valence-corrected chi connectivity index (χ2v) is 8.71. The van der Waals surface area contributed by atoms with E-state index < -0.39 is 5.41 Å². The average molecular weight is 430 g/mol. The number of nitrogens with zero attached hydrogens (tertiary/aromatic N) is 2. The standard InChI is InChI=1S/C26H27N3O3/c1-2-32-24(31)21-15-20-10-9-19(16-22(20)28-25(27)26(21)11-12-26)17-5-7-18(8-6-17)23(30)29-13-3-4-14-29/h5-10,15-16H,2-4,11-14H2,1H3,(H2,27,28). The van der Waals surface area contributed by atoms with E-state index in [4.69, 9.17) is 15.5 Å². The van der Waals surface area contributed by atoms with Crippen molar-refractivity contribution in [2.24, 2.45) is 16.1 Å². The molecule has 5 rings (SSSR count). The van der Waals surface area contributed by atoms with Crippen molar-refractivity contribution in [1.82, 2.24) is 4.90 Å². The summed E-state index contributed by atoms with van der Waals surface area (Å²) in [5, 5.41) is 0. The molecule has 2 fully saturated rings. The number of benzene rings is 2. The number of esters is 1. The molecule has 2 aromatic rings. The van der Waals surface area contributed by atoms with Gasteiger partial charge in [-0.05, 0) is 68.0 Å². The van der Waals surface area contributed by atoms with E-state index in [-0.39, 0.29) is 11.9 Å². The Morgan fingerprint density at radius 3 is 2.41 bits per heavy atom. The van der Waals surface area contributed by atoms with Crippen LogP contribution in [-0.4, -0.2) is 42.3 Å². The Hall–Kier alpha value is -3.41.